The van der Waals surface area contributed by atoms with Crippen LogP contribution in [0.1, 0.15) is 18.5 Å². The van der Waals surface area contributed by atoms with Crippen LogP contribution >= 0.6 is 0 Å². The molecule has 0 atom stereocenters. The number of aromatic nitrogens is 5. The maximum Gasteiger partial charge on any atom is 0.276 e. The minimum absolute atomic E-state index is 0.152. The van der Waals surface area contributed by atoms with Crippen LogP contribution in [0.15, 0.2) is 29.2 Å². The van der Waals surface area contributed by atoms with Gasteiger partial charge in [0.2, 0.25) is 5.88 Å². The average Bonchev–Trinajstić information content (AvgIpc) is 2.87. The van der Waals surface area contributed by atoms with E-state index in [4.69, 9.17) is 14.2 Å². The molecule has 0 radical (unpaired) electrons. The fourth-order valence-electron chi connectivity index (χ4n) is 4.18. The monoisotopic (exact) mass is 453 g/mol. The molecule has 0 aromatic carbocycles. The summed E-state index contributed by atoms with van der Waals surface area (Å²) in [6.45, 7) is 4.93. The van der Waals surface area contributed by atoms with Crippen LogP contribution in [0.2, 0.25) is 0 Å². The molecule has 11 nitrogen and oxygen atoms in total. The summed E-state index contributed by atoms with van der Waals surface area (Å²) in [7, 11) is 1.56. The van der Waals surface area contributed by atoms with Crippen molar-refractivity contribution in [1.82, 2.24) is 34.9 Å². The molecule has 0 aliphatic carbocycles. The Kier molecular flexibility index (Phi) is 6.31. The molecule has 0 amide bonds. The van der Waals surface area contributed by atoms with Crippen LogP contribution < -0.4 is 25.1 Å². The number of ether oxygens (including phenoxy) is 3. The second-order valence-corrected chi connectivity index (χ2v) is 8.14. The van der Waals surface area contributed by atoms with Gasteiger partial charge in [0, 0.05) is 37.8 Å². The Morgan fingerprint density at radius 1 is 1.15 bits per heavy atom. The van der Waals surface area contributed by atoms with E-state index in [9.17, 15) is 4.79 Å². The topological polar surface area (TPSA) is 117 Å². The molecule has 5 heterocycles. The van der Waals surface area contributed by atoms with Crippen LogP contribution in [0.4, 0.5) is 0 Å². The summed E-state index contributed by atoms with van der Waals surface area (Å²) in [6.07, 6.45) is 3.40. The number of fused-ring (bicyclic) bond motifs is 2. The Morgan fingerprint density at radius 2 is 2.00 bits per heavy atom. The highest BCUT2D eigenvalue weighted by Crippen LogP contribution is 2.26. The molecule has 1 fully saturated rings. The maximum atomic E-state index is 12.4. The van der Waals surface area contributed by atoms with Crippen molar-refractivity contribution in [3.8, 4) is 17.5 Å². The van der Waals surface area contributed by atoms with E-state index in [1.807, 2.05) is 12.1 Å². The second kappa shape index (κ2) is 9.67. The number of hydrogen-bond acceptors (Lipinski definition) is 10. The normalized spacial score (nSPS) is 16.8. The quantitative estimate of drug-likeness (QED) is 0.545. The van der Waals surface area contributed by atoms with Crippen molar-refractivity contribution >= 4 is 11.2 Å². The second-order valence-electron chi connectivity index (χ2n) is 8.14. The molecule has 11 heteroatoms. The summed E-state index contributed by atoms with van der Waals surface area (Å²) < 4.78 is 17.9. The van der Waals surface area contributed by atoms with Gasteiger partial charge < -0.3 is 24.4 Å². The van der Waals surface area contributed by atoms with Crippen molar-refractivity contribution in [2.75, 3.05) is 40.0 Å². The Bertz CT molecular complexity index is 1180. The highest BCUT2D eigenvalue weighted by Gasteiger charge is 2.20. The molecular formula is C22H27N7O4. The van der Waals surface area contributed by atoms with Crippen LogP contribution in [0.5, 0.6) is 17.5 Å². The summed E-state index contributed by atoms with van der Waals surface area (Å²) in [5.41, 5.74) is 1.92. The smallest absolute Gasteiger partial charge is 0.276 e. The standard InChI is InChI=1S/C22H27N7O4/c1-31-19-3-2-17-21(25-19)29(20(30)14-24-17)9-8-28-6-4-15(5-7-28)23-13-16-12-18-22(27-26-16)33-11-10-32-18/h2-3,12,14-15,23H,4-11,13H2,1H3. The van der Waals surface area contributed by atoms with E-state index in [1.54, 1.807) is 17.7 Å². The Morgan fingerprint density at radius 3 is 2.85 bits per heavy atom. The molecule has 1 saturated heterocycles. The van der Waals surface area contributed by atoms with Crippen molar-refractivity contribution in [3.05, 3.63) is 40.4 Å². The predicted molar refractivity (Wildman–Crippen MR) is 120 cm³/mol. The SMILES string of the molecule is COc1ccc2ncc(=O)n(CCN3CCC(NCc4cc5c(nn4)OCCO5)CC3)c2n1. The molecule has 33 heavy (non-hydrogen) atoms. The molecule has 0 spiro atoms. The van der Waals surface area contributed by atoms with Crippen molar-refractivity contribution in [2.45, 2.75) is 32.0 Å². The summed E-state index contributed by atoms with van der Waals surface area (Å²) in [5, 5.41) is 11.9. The number of nitrogens with one attached hydrogen (secondary N) is 1. The van der Waals surface area contributed by atoms with Crippen molar-refractivity contribution in [3.63, 3.8) is 0 Å². The van der Waals surface area contributed by atoms with Gasteiger partial charge >= 0.3 is 0 Å². The molecule has 0 unspecified atom stereocenters. The molecule has 0 bridgehead atoms. The van der Waals surface area contributed by atoms with Crippen LogP contribution in [-0.4, -0.2) is 75.6 Å². The van der Waals surface area contributed by atoms with E-state index in [0.717, 1.165) is 38.2 Å². The number of piperidine rings is 1. The predicted octanol–water partition coefficient (Wildman–Crippen LogP) is 0.615. The number of hydrogen-bond donors (Lipinski definition) is 1. The lowest BCUT2D eigenvalue weighted by Gasteiger charge is -2.32. The molecule has 3 aromatic heterocycles. The van der Waals surface area contributed by atoms with E-state index in [0.29, 0.717) is 61.0 Å². The average molecular weight is 454 g/mol. The summed E-state index contributed by atoms with van der Waals surface area (Å²) in [4.78, 5) is 23.4. The first-order chi connectivity index (χ1) is 16.2. The first kappa shape index (κ1) is 21.5. The Hall–Kier alpha value is -3.31. The zero-order valence-electron chi connectivity index (χ0n) is 18.6. The van der Waals surface area contributed by atoms with Crippen LogP contribution in [0.3, 0.4) is 0 Å². The van der Waals surface area contributed by atoms with Gasteiger partial charge in [-0.3, -0.25) is 9.36 Å². The van der Waals surface area contributed by atoms with Crippen molar-refractivity contribution in [2.24, 2.45) is 0 Å². The van der Waals surface area contributed by atoms with Gasteiger partial charge in [-0.25, -0.2) is 4.98 Å². The lowest BCUT2D eigenvalue weighted by molar-refractivity contribution is 0.161. The molecule has 0 saturated carbocycles. The van der Waals surface area contributed by atoms with Gasteiger partial charge in [-0.2, -0.15) is 10.1 Å². The first-order valence-corrected chi connectivity index (χ1v) is 11.2. The number of nitrogens with zero attached hydrogens (tertiary/aromatic N) is 6. The molecule has 2 aliphatic rings. The van der Waals surface area contributed by atoms with Gasteiger partial charge in [-0.05, 0) is 32.0 Å². The van der Waals surface area contributed by atoms with Gasteiger partial charge in [0.15, 0.2) is 11.4 Å². The fraction of sp³-hybridized carbons (Fsp3) is 0.500. The van der Waals surface area contributed by atoms with E-state index in [2.05, 4.69) is 30.4 Å². The van der Waals surface area contributed by atoms with E-state index in [-0.39, 0.29) is 5.56 Å². The van der Waals surface area contributed by atoms with E-state index >= 15 is 0 Å². The number of methoxy groups -OCH3 is 1. The van der Waals surface area contributed by atoms with E-state index < -0.39 is 0 Å². The van der Waals surface area contributed by atoms with Gasteiger partial charge in [-0.1, -0.05) is 0 Å². The highest BCUT2D eigenvalue weighted by molar-refractivity contribution is 5.70. The molecule has 174 valence electrons. The Balaban J connectivity index is 1.13. The third-order valence-corrected chi connectivity index (χ3v) is 6.03. The zero-order valence-corrected chi connectivity index (χ0v) is 18.6. The molecule has 5 rings (SSSR count). The number of rotatable bonds is 7. The minimum Gasteiger partial charge on any atom is -0.484 e. The van der Waals surface area contributed by atoms with Crippen LogP contribution in [0.25, 0.3) is 11.2 Å². The van der Waals surface area contributed by atoms with Crippen LogP contribution in [-0.2, 0) is 13.1 Å². The third kappa shape index (κ3) is 4.88. The molecule has 3 aromatic rings. The third-order valence-electron chi connectivity index (χ3n) is 6.03. The maximum absolute atomic E-state index is 12.4. The summed E-state index contributed by atoms with van der Waals surface area (Å²) in [6, 6.07) is 5.87. The lowest BCUT2D eigenvalue weighted by atomic mass is 10.0. The number of pyridine rings is 1. The number of likely N-dealkylation sites (tertiary alicyclic amines) is 1. The molecular weight excluding hydrogens is 426 g/mol. The minimum atomic E-state index is -0.152. The molecule has 1 N–H and O–H groups in total. The fourth-order valence-corrected chi connectivity index (χ4v) is 4.18. The van der Waals surface area contributed by atoms with Gasteiger partial charge in [0.25, 0.3) is 11.4 Å². The van der Waals surface area contributed by atoms with Crippen molar-refractivity contribution in [1.29, 1.82) is 0 Å². The molecule has 2 aliphatic heterocycles. The van der Waals surface area contributed by atoms with Crippen LogP contribution in [0, 0.1) is 0 Å². The Labute approximate surface area is 190 Å². The first-order valence-electron chi connectivity index (χ1n) is 11.2. The summed E-state index contributed by atoms with van der Waals surface area (Å²) >= 11 is 0. The van der Waals surface area contributed by atoms with Gasteiger partial charge in [0.1, 0.15) is 18.7 Å². The van der Waals surface area contributed by atoms with Gasteiger partial charge in [-0.15, -0.1) is 5.10 Å². The largest absolute Gasteiger partial charge is 0.484 e. The highest BCUT2D eigenvalue weighted by atomic mass is 16.6. The van der Waals surface area contributed by atoms with E-state index in [1.165, 1.54) is 6.20 Å². The zero-order chi connectivity index (χ0) is 22.6. The van der Waals surface area contributed by atoms with Gasteiger partial charge in [0.05, 0.1) is 19.0 Å². The lowest BCUT2D eigenvalue weighted by Crippen LogP contribution is -2.43. The van der Waals surface area contributed by atoms with Crippen molar-refractivity contribution < 1.29 is 14.2 Å². The summed E-state index contributed by atoms with van der Waals surface area (Å²) in [5.74, 6) is 1.60.